The van der Waals surface area contributed by atoms with Gasteiger partial charge in [-0.3, -0.25) is 0 Å². The summed E-state index contributed by atoms with van der Waals surface area (Å²) < 4.78 is 24.6. The van der Waals surface area contributed by atoms with Gasteiger partial charge in [-0.15, -0.1) is 26.3 Å². The molecule has 0 spiro atoms. The van der Waals surface area contributed by atoms with Gasteiger partial charge in [0.2, 0.25) is 0 Å². The fraction of sp³-hybridized carbons (Fsp3) is 0.391. The Kier molecular flexibility index (Phi) is 9.22. The summed E-state index contributed by atoms with van der Waals surface area (Å²) in [6.07, 6.45) is 6.17. The molecule has 0 aliphatic carbocycles. The summed E-state index contributed by atoms with van der Waals surface area (Å²) >= 11 is 0. The second-order valence-electron chi connectivity index (χ2n) is 6.33. The van der Waals surface area contributed by atoms with Gasteiger partial charge < -0.3 is 18.9 Å². The molecule has 0 N–H and O–H groups in total. The summed E-state index contributed by atoms with van der Waals surface area (Å²) in [6, 6.07) is 10.0. The van der Waals surface area contributed by atoms with Gasteiger partial charge in [0, 0.05) is 0 Å². The molecule has 1 saturated heterocycles. The summed E-state index contributed by atoms with van der Waals surface area (Å²) in [5, 5.41) is 0. The fourth-order valence-corrected chi connectivity index (χ4v) is 3.19. The minimum atomic E-state index is -0.347. The van der Waals surface area contributed by atoms with Crippen LogP contribution in [-0.4, -0.2) is 43.7 Å². The number of ether oxygens (including phenoxy) is 4. The van der Waals surface area contributed by atoms with E-state index in [1.807, 2.05) is 36.4 Å². The minimum absolute atomic E-state index is 0.199. The second kappa shape index (κ2) is 11.7. The second-order valence-corrected chi connectivity index (χ2v) is 6.33. The van der Waals surface area contributed by atoms with E-state index in [9.17, 15) is 0 Å². The molecule has 1 aliphatic heterocycles. The van der Waals surface area contributed by atoms with Crippen molar-refractivity contribution < 1.29 is 18.9 Å². The molecule has 4 nitrogen and oxygen atoms in total. The summed E-state index contributed by atoms with van der Waals surface area (Å²) in [7, 11) is 0. The van der Waals surface area contributed by atoms with Gasteiger partial charge in [-0.2, -0.15) is 0 Å². The molecule has 5 atom stereocenters. The first-order chi connectivity index (χ1) is 13.2. The molecule has 0 saturated carbocycles. The van der Waals surface area contributed by atoms with Gasteiger partial charge in [0.25, 0.3) is 0 Å². The molecule has 1 aromatic carbocycles. The maximum atomic E-state index is 6.32. The van der Waals surface area contributed by atoms with Crippen LogP contribution in [0.4, 0.5) is 0 Å². The van der Waals surface area contributed by atoms with E-state index in [4.69, 9.17) is 18.9 Å². The van der Waals surface area contributed by atoms with E-state index >= 15 is 0 Å². The first-order valence-electron chi connectivity index (χ1n) is 9.24. The maximum Gasteiger partial charge on any atom is 0.116 e. The lowest BCUT2D eigenvalue weighted by Crippen LogP contribution is -2.59. The Morgan fingerprint density at radius 2 is 1.48 bits per heavy atom. The highest BCUT2D eigenvalue weighted by Crippen LogP contribution is 2.31. The molecule has 1 heterocycles. The van der Waals surface area contributed by atoms with Gasteiger partial charge in [0.05, 0.1) is 25.9 Å². The molecule has 27 heavy (non-hydrogen) atoms. The lowest BCUT2D eigenvalue weighted by molar-refractivity contribution is -0.245. The van der Waals surface area contributed by atoms with Gasteiger partial charge in [0.1, 0.15) is 24.4 Å². The number of benzene rings is 1. The molecular weight excluding hydrogens is 340 g/mol. The smallest absolute Gasteiger partial charge is 0.116 e. The standard InChI is InChI=1S/C23H30O4/c1-5-12-20-22(25-16-7-3)23(26-17-18-13-10-9-11-14-18)21(24-15-6-2)19(8-4)27-20/h5-11,13-14,19-23H,1-4,12,15-17H2/t19-,20+,21-,22+,23+/m1/s1. The molecule has 2 rings (SSSR count). The Balaban J connectivity index is 2.26. The Hall–Kier alpha value is -1.98. The van der Waals surface area contributed by atoms with E-state index in [0.29, 0.717) is 26.2 Å². The maximum absolute atomic E-state index is 6.32. The summed E-state index contributed by atoms with van der Waals surface area (Å²) in [5.41, 5.74) is 1.09. The number of hydrogen-bond donors (Lipinski definition) is 0. The lowest BCUT2D eigenvalue weighted by atomic mass is 9.92. The molecule has 1 fully saturated rings. The monoisotopic (exact) mass is 370 g/mol. The third-order valence-corrected chi connectivity index (χ3v) is 4.40. The summed E-state index contributed by atoms with van der Waals surface area (Å²) in [4.78, 5) is 0. The predicted molar refractivity (Wildman–Crippen MR) is 109 cm³/mol. The van der Waals surface area contributed by atoms with E-state index in [1.165, 1.54) is 0 Å². The van der Waals surface area contributed by atoms with Crippen molar-refractivity contribution in [3.05, 3.63) is 86.5 Å². The van der Waals surface area contributed by atoms with E-state index in [1.54, 1.807) is 18.2 Å². The lowest BCUT2D eigenvalue weighted by Gasteiger charge is -2.45. The van der Waals surface area contributed by atoms with E-state index in [-0.39, 0.29) is 30.5 Å². The van der Waals surface area contributed by atoms with Gasteiger partial charge in [-0.1, -0.05) is 54.6 Å². The normalized spacial score (nSPS) is 27.6. The van der Waals surface area contributed by atoms with Crippen LogP contribution in [0.25, 0.3) is 0 Å². The molecule has 1 aromatic rings. The summed E-state index contributed by atoms with van der Waals surface area (Å²) in [5.74, 6) is 0. The molecule has 0 unspecified atom stereocenters. The van der Waals surface area contributed by atoms with Crippen LogP contribution >= 0.6 is 0 Å². The first-order valence-corrected chi connectivity index (χ1v) is 9.24. The van der Waals surface area contributed by atoms with Crippen LogP contribution in [-0.2, 0) is 25.6 Å². The topological polar surface area (TPSA) is 36.9 Å². The SMILES string of the molecule is C=CCO[C@@H]1[C@@H](OCc2ccccc2)[C@H](OCC=C)[C@@H](C=C)O[C@H]1CC=C. The third-order valence-electron chi connectivity index (χ3n) is 4.40. The van der Waals surface area contributed by atoms with Gasteiger partial charge >= 0.3 is 0 Å². The average molecular weight is 370 g/mol. The van der Waals surface area contributed by atoms with Crippen molar-refractivity contribution in [3.8, 4) is 0 Å². The van der Waals surface area contributed by atoms with Crippen molar-refractivity contribution in [1.82, 2.24) is 0 Å². The molecule has 4 heteroatoms. The zero-order valence-corrected chi connectivity index (χ0v) is 15.9. The third kappa shape index (κ3) is 6.01. The van der Waals surface area contributed by atoms with Gasteiger partial charge in [0.15, 0.2) is 0 Å². The van der Waals surface area contributed by atoms with Crippen molar-refractivity contribution >= 4 is 0 Å². The Morgan fingerprint density at radius 3 is 2.07 bits per heavy atom. The van der Waals surface area contributed by atoms with Crippen molar-refractivity contribution in [2.45, 2.75) is 43.5 Å². The van der Waals surface area contributed by atoms with Gasteiger partial charge in [-0.25, -0.2) is 0 Å². The van der Waals surface area contributed by atoms with Crippen LogP contribution in [0.5, 0.6) is 0 Å². The van der Waals surface area contributed by atoms with E-state index < -0.39 is 0 Å². The van der Waals surface area contributed by atoms with Crippen LogP contribution in [0.1, 0.15) is 12.0 Å². The highest BCUT2D eigenvalue weighted by atomic mass is 16.6. The van der Waals surface area contributed by atoms with Crippen LogP contribution < -0.4 is 0 Å². The molecule has 0 radical (unpaired) electrons. The Bertz CT molecular complexity index is 598. The van der Waals surface area contributed by atoms with Crippen LogP contribution in [0, 0.1) is 0 Å². The number of hydrogen-bond acceptors (Lipinski definition) is 4. The fourth-order valence-electron chi connectivity index (χ4n) is 3.19. The Morgan fingerprint density at radius 1 is 0.815 bits per heavy atom. The van der Waals surface area contributed by atoms with Crippen molar-refractivity contribution in [1.29, 1.82) is 0 Å². The Labute approximate surface area is 162 Å². The van der Waals surface area contributed by atoms with E-state index in [2.05, 4.69) is 26.3 Å². The largest absolute Gasteiger partial charge is 0.369 e. The highest BCUT2D eigenvalue weighted by Gasteiger charge is 2.46. The van der Waals surface area contributed by atoms with Gasteiger partial charge in [-0.05, 0) is 12.0 Å². The highest BCUT2D eigenvalue weighted by molar-refractivity contribution is 5.14. The molecule has 0 aromatic heterocycles. The summed E-state index contributed by atoms with van der Waals surface area (Å²) in [6.45, 7) is 16.5. The molecule has 1 aliphatic rings. The van der Waals surface area contributed by atoms with Crippen molar-refractivity contribution in [2.24, 2.45) is 0 Å². The van der Waals surface area contributed by atoms with Crippen LogP contribution in [0.2, 0.25) is 0 Å². The van der Waals surface area contributed by atoms with Crippen molar-refractivity contribution in [2.75, 3.05) is 13.2 Å². The van der Waals surface area contributed by atoms with E-state index in [0.717, 1.165) is 5.56 Å². The minimum Gasteiger partial charge on any atom is -0.369 e. The quantitative estimate of drug-likeness (QED) is 0.516. The zero-order chi connectivity index (χ0) is 19.5. The molecular formula is C23H30O4. The van der Waals surface area contributed by atoms with Crippen molar-refractivity contribution in [3.63, 3.8) is 0 Å². The number of rotatable bonds is 12. The predicted octanol–water partition coefficient (Wildman–Crippen LogP) is 4.24. The molecule has 146 valence electrons. The first kappa shape index (κ1) is 21.3. The average Bonchev–Trinajstić information content (AvgIpc) is 2.70. The molecule has 0 amide bonds. The zero-order valence-electron chi connectivity index (χ0n) is 15.9. The van der Waals surface area contributed by atoms with Crippen LogP contribution in [0.3, 0.4) is 0 Å². The van der Waals surface area contributed by atoms with Crippen LogP contribution in [0.15, 0.2) is 81.0 Å². The molecule has 0 bridgehead atoms.